The first-order chi connectivity index (χ1) is 15.0. The fourth-order valence-electron chi connectivity index (χ4n) is 2.88. The molecule has 31 heavy (non-hydrogen) atoms. The van der Waals surface area contributed by atoms with Crippen molar-refractivity contribution in [2.75, 3.05) is 16.4 Å². The van der Waals surface area contributed by atoms with Crippen molar-refractivity contribution in [3.63, 3.8) is 0 Å². The van der Waals surface area contributed by atoms with E-state index in [0.29, 0.717) is 11.6 Å². The number of carbonyl (C=O) groups excluding carboxylic acids is 2. The van der Waals surface area contributed by atoms with Crippen molar-refractivity contribution in [2.24, 2.45) is 0 Å². The van der Waals surface area contributed by atoms with Crippen LogP contribution in [0.5, 0.6) is 0 Å². The molecule has 158 valence electrons. The van der Waals surface area contributed by atoms with Gasteiger partial charge in [0.1, 0.15) is 0 Å². The predicted molar refractivity (Wildman–Crippen MR) is 130 cm³/mol. The number of thioether (sulfide) groups is 1. The van der Waals surface area contributed by atoms with Gasteiger partial charge < -0.3 is 10.6 Å². The minimum atomic E-state index is -0.200. The lowest BCUT2D eigenvalue weighted by atomic mass is 10.0. The molecule has 2 amide bonds. The van der Waals surface area contributed by atoms with E-state index < -0.39 is 0 Å². The molecule has 3 rings (SSSR count). The molecule has 0 spiro atoms. The van der Waals surface area contributed by atoms with E-state index in [0.717, 1.165) is 16.1 Å². The van der Waals surface area contributed by atoms with E-state index in [1.807, 2.05) is 78.9 Å². The Labute approximate surface area is 187 Å². The minimum Gasteiger partial charge on any atom is -0.325 e. The van der Waals surface area contributed by atoms with Gasteiger partial charge in [0.2, 0.25) is 11.8 Å². The Hall–Kier alpha value is -3.31. The van der Waals surface area contributed by atoms with Crippen molar-refractivity contribution < 1.29 is 9.59 Å². The fourth-order valence-corrected chi connectivity index (χ4v) is 3.64. The molecule has 0 radical (unpaired) electrons. The summed E-state index contributed by atoms with van der Waals surface area (Å²) in [6.07, 6.45) is 3.28. The van der Waals surface area contributed by atoms with Crippen LogP contribution in [0.15, 0.2) is 89.8 Å². The van der Waals surface area contributed by atoms with Crippen LogP contribution in [0.2, 0.25) is 0 Å². The van der Waals surface area contributed by atoms with Crippen molar-refractivity contribution in [3.05, 3.63) is 96.1 Å². The molecule has 0 heterocycles. The molecule has 0 aromatic heterocycles. The zero-order valence-electron chi connectivity index (χ0n) is 17.7. The number of anilines is 2. The van der Waals surface area contributed by atoms with Crippen LogP contribution in [0.4, 0.5) is 11.4 Å². The molecule has 2 N–H and O–H groups in total. The summed E-state index contributed by atoms with van der Waals surface area (Å²) in [6, 6.07) is 25.1. The average Bonchev–Trinajstić information content (AvgIpc) is 2.78. The second kappa shape index (κ2) is 11.2. The van der Waals surface area contributed by atoms with Crippen molar-refractivity contribution in [3.8, 4) is 0 Å². The molecule has 0 saturated heterocycles. The Morgan fingerprint density at radius 2 is 1.61 bits per heavy atom. The third-order valence-electron chi connectivity index (χ3n) is 4.56. The maximum absolute atomic E-state index is 12.3. The van der Waals surface area contributed by atoms with Gasteiger partial charge in [-0.1, -0.05) is 62.4 Å². The van der Waals surface area contributed by atoms with E-state index in [1.54, 1.807) is 6.08 Å². The second-order valence-electron chi connectivity index (χ2n) is 7.37. The molecule has 0 bridgehead atoms. The number of benzene rings is 3. The summed E-state index contributed by atoms with van der Waals surface area (Å²) in [6.45, 7) is 4.28. The summed E-state index contributed by atoms with van der Waals surface area (Å²) in [7, 11) is 0. The quantitative estimate of drug-likeness (QED) is 0.331. The van der Waals surface area contributed by atoms with Crippen LogP contribution in [0.1, 0.15) is 30.9 Å². The van der Waals surface area contributed by atoms with Gasteiger partial charge in [-0.05, 0) is 53.5 Å². The third-order valence-corrected chi connectivity index (χ3v) is 5.55. The molecular weight excluding hydrogens is 404 g/mol. The van der Waals surface area contributed by atoms with Crippen LogP contribution in [0.25, 0.3) is 6.08 Å². The van der Waals surface area contributed by atoms with Crippen LogP contribution in [-0.2, 0) is 9.59 Å². The topological polar surface area (TPSA) is 58.2 Å². The van der Waals surface area contributed by atoms with Crippen LogP contribution in [0.3, 0.4) is 0 Å². The van der Waals surface area contributed by atoms with Crippen LogP contribution >= 0.6 is 11.8 Å². The fraction of sp³-hybridized carbons (Fsp3) is 0.154. The summed E-state index contributed by atoms with van der Waals surface area (Å²) in [5, 5.41) is 5.77. The maximum Gasteiger partial charge on any atom is 0.248 e. The Kier molecular flexibility index (Phi) is 8.07. The average molecular weight is 431 g/mol. The Morgan fingerprint density at radius 1 is 0.871 bits per heavy atom. The third kappa shape index (κ3) is 7.46. The van der Waals surface area contributed by atoms with Crippen LogP contribution in [0, 0.1) is 0 Å². The number of hydrogen-bond acceptors (Lipinski definition) is 3. The minimum absolute atomic E-state index is 0.0671. The summed E-state index contributed by atoms with van der Waals surface area (Å²) >= 11 is 1.43. The van der Waals surface area contributed by atoms with Gasteiger partial charge in [-0.3, -0.25) is 9.59 Å². The number of carbonyl (C=O) groups is 2. The Bertz CT molecular complexity index is 1040. The van der Waals surface area contributed by atoms with Crippen LogP contribution < -0.4 is 10.6 Å². The molecule has 0 atom stereocenters. The number of rotatable bonds is 8. The number of hydrogen-bond donors (Lipinski definition) is 2. The first-order valence-electron chi connectivity index (χ1n) is 10.2. The van der Waals surface area contributed by atoms with Gasteiger partial charge in [-0.15, -0.1) is 11.8 Å². The van der Waals surface area contributed by atoms with Gasteiger partial charge in [0, 0.05) is 22.3 Å². The molecule has 0 aliphatic rings. The van der Waals surface area contributed by atoms with E-state index in [4.69, 9.17) is 0 Å². The van der Waals surface area contributed by atoms with E-state index >= 15 is 0 Å². The van der Waals surface area contributed by atoms with E-state index in [9.17, 15) is 9.59 Å². The van der Waals surface area contributed by atoms with Gasteiger partial charge in [-0.2, -0.15) is 0 Å². The highest BCUT2D eigenvalue weighted by atomic mass is 32.2. The van der Waals surface area contributed by atoms with Crippen LogP contribution in [-0.4, -0.2) is 17.6 Å². The molecule has 5 heteroatoms. The molecule has 0 aliphatic carbocycles. The van der Waals surface area contributed by atoms with Crippen molar-refractivity contribution in [2.45, 2.75) is 24.7 Å². The Balaban J connectivity index is 1.50. The van der Waals surface area contributed by atoms with Gasteiger partial charge >= 0.3 is 0 Å². The first-order valence-corrected chi connectivity index (χ1v) is 11.1. The van der Waals surface area contributed by atoms with Gasteiger partial charge in [0.15, 0.2) is 0 Å². The monoisotopic (exact) mass is 430 g/mol. The van der Waals surface area contributed by atoms with Gasteiger partial charge in [-0.25, -0.2) is 0 Å². The molecule has 3 aromatic rings. The number of amides is 2. The Morgan fingerprint density at radius 3 is 2.32 bits per heavy atom. The summed E-state index contributed by atoms with van der Waals surface area (Å²) < 4.78 is 0. The molecular formula is C26H26N2O2S. The van der Waals surface area contributed by atoms with E-state index in [2.05, 4.69) is 24.5 Å². The summed E-state index contributed by atoms with van der Waals surface area (Å²) in [5.41, 5.74) is 3.69. The standard InChI is InChI=1S/C26H26N2O2S/c1-19(2)21-12-14-22(15-13-21)27-26(30)18-31-24-10-6-9-23(17-24)28-25(29)16-11-20-7-4-3-5-8-20/h3-17,19H,18H2,1-2H3,(H,27,30)(H,28,29)/b16-11+. The zero-order chi connectivity index (χ0) is 22.1. The molecule has 3 aromatic carbocycles. The highest BCUT2D eigenvalue weighted by Crippen LogP contribution is 2.22. The highest BCUT2D eigenvalue weighted by Gasteiger charge is 2.06. The SMILES string of the molecule is CC(C)c1ccc(NC(=O)CSc2cccc(NC(=O)/C=C/c3ccccc3)c2)cc1. The van der Waals surface area contributed by atoms with E-state index in [-0.39, 0.29) is 17.6 Å². The summed E-state index contributed by atoms with van der Waals surface area (Å²) in [4.78, 5) is 25.4. The van der Waals surface area contributed by atoms with Gasteiger partial charge in [0.05, 0.1) is 5.75 Å². The van der Waals surface area contributed by atoms with Crippen molar-refractivity contribution >= 4 is 41.0 Å². The summed E-state index contributed by atoms with van der Waals surface area (Å²) in [5.74, 6) is 0.482. The molecule has 0 fully saturated rings. The first kappa shape index (κ1) is 22.4. The molecule has 0 unspecified atom stereocenters. The largest absolute Gasteiger partial charge is 0.325 e. The van der Waals surface area contributed by atoms with Crippen molar-refractivity contribution in [1.82, 2.24) is 0 Å². The van der Waals surface area contributed by atoms with Gasteiger partial charge in [0.25, 0.3) is 0 Å². The smallest absolute Gasteiger partial charge is 0.248 e. The predicted octanol–water partition coefficient (Wildman–Crippen LogP) is 6.19. The molecule has 4 nitrogen and oxygen atoms in total. The molecule has 0 aliphatic heterocycles. The normalized spacial score (nSPS) is 10.9. The second-order valence-corrected chi connectivity index (χ2v) is 8.42. The van der Waals surface area contributed by atoms with E-state index in [1.165, 1.54) is 23.4 Å². The maximum atomic E-state index is 12.3. The molecule has 0 saturated carbocycles. The lowest BCUT2D eigenvalue weighted by Crippen LogP contribution is -2.14. The zero-order valence-corrected chi connectivity index (χ0v) is 18.5. The lowest BCUT2D eigenvalue weighted by molar-refractivity contribution is -0.114. The highest BCUT2D eigenvalue weighted by molar-refractivity contribution is 8.00. The van der Waals surface area contributed by atoms with Crippen molar-refractivity contribution in [1.29, 1.82) is 0 Å². The number of nitrogens with one attached hydrogen (secondary N) is 2. The lowest BCUT2D eigenvalue weighted by Gasteiger charge is -2.09.